The number of benzene rings is 7. The molecular formula is C40H24N2O. The van der Waals surface area contributed by atoms with E-state index in [1.807, 2.05) is 6.07 Å². The number of para-hydroxylation sites is 4. The van der Waals surface area contributed by atoms with Gasteiger partial charge in [0.05, 0.1) is 22.1 Å². The van der Waals surface area contributed by atoms with Gasteiger partial charge in [0.2, 0.25) is 0 Å². The van der Waals surface area contributed by atoms with E-state index in [1.54, 1.807) is 0 Å². The maximum atomic E-state index is 6.27. The molecule has 0 fully saturated rings. The average molecular weight is 549 g/mol. The molecule has 0 amide bonds. The first-order valence-corrected chi connectivity index (χ1v) is 14.7. The molecule has 10 rings (SSSR count). The van der Waals surface area contributed by atoms with E-state index in [0.29, 0.717) is 0 Å². The fourth-order valence-electron chi connectivity index (χ4n) is 7.24. The fourth-order valence-corrected chi connectivity index (χ4v) is 7.24. The highest BCUT2D eigenvalue weighted by molar-refractivity contribution is 6.23. The van der Waals surface area contributed by atoms with Gasteiger partial charge in [0.25, 0.3) is 0 Å². The van der Waals surface area contributed by atoms with Crippen molar-refractivity contribution < 1.29 is 4.42 Å². The van der Waals surface area contributed by atoms with Gasteiger partial charge in [-0.15, -0.1) is 0 Å². The fraction of sp³-hybridized carbons (Fsp3) is 0. The molecule has 10 aromatic rings. The Labute approximate surface area is 246 Å². The van der Waals surface area contributed by atoms with Crippen LogP contribution in [0.4, 0.5) is 0 Å². The lowest BCUT2D eigenvalue weighted by Crippen LogP contribution is -1.96. The summed E-state index contributed by atoms with van der Waals surface area (Å²) in [7, 11) is 0. The Balaban J connectivity index is 1.34. The second kappa shape index (κ2) is 8.37. The highest BCUT2D eigenvalue weighted by Crippen LogP contribution is 2.41. The second-order valence-electron chi connectivity index (χ2n) is 11.4. The summed E-state index contributed by atoms with van der Waals surface area (Å²) in [5.74, 6) is 0. The molecule has 0 saturated carbocycles. The molecule has 0 aliphatic heterocycles. The first-order chi connectivity index (χ1) is 21.3. The lowest BCUT2D eigenvalue weighted by molar-refractivity contribution is 0.669. The zero-order valence-corrected chi connectivity index (χ0v) is 23.2. The molecule has 7 aromatic carbocycles. The number of furan rings is 1. The molecule has 0 N–H and O–H groups in total. The number of hydrogen-bond donors (Lipinski definition) is 0. The van der Waals surface area contributed by atoms with Crippen molar-refractivity contribution in [3.05, 3.63) is 146 Å². The van der Waals surface area contributed by atoms with E-state index in [0.717, 1.165) is 27.9 Å². The van der Waals surface area contributed by atoms with Crippen molar-refractivity contribution in [1.82, 2.24) is 9.13 Å². The summed E-state index contributed by atoms with van der Waals surface area (Å²) in [6.45, 7) is 0. The molecule has 0 bridgehead atoms. The molecular weight excluding hydrogens is 524 g/mol. The van der Waals surface area contributed by atoms with Crippen LogP contribution in [0, 0.1) is 0 Å². The minimum absolute atomic E-state index is 0.921. The van der Waals surface area contributed by atoms with Crippen LogP contribution in [0.2, 0.25) is 0 Å². The van der Waals surface area contributed by atoms with Gasteiger partial charge in [-0.3, -0.25) is 0 Å². The molecule has 3 aromatic heterocycles. The van der Waals surface area contributed by atoms with E-state index in [1.165, 1.54) is 59.8 Å². The van der Waals surface area contributed by atoms with Crippen molar-refractivity contribution >= 4 is 76.3 Å². The normalized spacial score (nSPS) is 12.2. The predicted octanol–water partition coefficient (Wildman–Crippen LogP) is 10.9. The molecule has 0 aliphatic rings. The van der Waals surface area contributed by atoms with Crippen LogP contribution < -0.4 is 0 Å². The van der Waals surface area contributed by atoms with Crippen molar-refractivity contribution in [2.45, 2.75) is 0 Å². The molecule has 3 heterocycles. The summed E-state index contributed by atoms with van der Waals surface area (Å²) < 4.78 is 11.1. The van der Waals surface area contributed by atoms with Gasteiger partial charge >= 0.3 is 0 Å². The second-order valence-corrected chi connectivity index (χ2v) is 11.4. The Bertz CT molecular complexity index is 2720. The minimum atomic E-state index is 0.921. The SMILES string of the molecule is c1ccc(-n2c3ccccc3c3ccc(-n4c5ccccc5c5cc6ccc7oc8ccccc8c7c6cc54)cc32)cc1. The number of hydrogen-bond acceptors (Lipinski definition) is 1. The Hall–Kier alpha value is -5.80. The zero-order valence-electron chi connectivity index (χ0n) is 23.2. The van der Waals surface area contributed by atoms with E-state index >= 15 is 0 Å². The van der Waals surface area contributed by atoms with E-state index in [4.69, 9.17) is 4.42 Å². The van der Waals surface area contributed by atoms with Crippen molar-refractivity contribution in [3.63, 3.8) is 0 Å². The van der Waals surface area contributed by atoms with Gasteiger partial charge in [0.15, 0.2) is 0 Å². The van der Waals surface area contributed by atoms with Crippen LogP contribution in [0.3, 0.4) is 0 Å². The maximum Gasteiger partial charge on any atom is 0.136 e. The lowest BCUT2D eigenvalue weighted by atomic mass is 10.0. The van der Waals surface area contributed by atoms with Gasteiger partial charge in [-0.05, 0) is 71.4 Å². The van der Waals surface area contributed by atoms with Crippen molar-refractivity contribution in [3.8, 4) is 11.4 Å². The van der Waals surface area contributed by atoms with E-state index in [2.05, 4.69) is 149 Å². The van der Waals surface area contributed by atoms with Gasteiger partial charge in [0.1, 0.15) is 11.2 Å². The van der Waals surface area contributed by atoms with Crippen LogP contribution in [0.1, 0.15) is 0 Å². The third-order valence-corrected chi connectivity index (χ3v) is 9.08. The molecule has 200 valence electrons. The van der Waals surface area contributed by atoms with Gasteiger partial charge in [-0.25, -0.2) is 0 Å². The van der Waals surface area contributed by atoms with Crippen molar-refractivity contribution in [1.29, 1.82) is 0 Å². The monoisotopic (exact) mass is 548 g/mol. The molecule has 0 unspecified atom stereocenters. The van der Waals surface area contributed by atoms with E-state index < -0.39 is 0 Å². The largest absolute Gasteiger partial charge is 0.456 e. The summed E-state index contributed by atoms with van der Waals surface area (Å²) in [6, 6.07) is 52.4. The number of fused-ring (bicyclic) bond motifs is 11. The molecule has 3 heteroatoms. The van der Waals surface area contributed by atoms with Crippen LogP contribution in [0.5, 0.6) is 0 Å². The smallest absolute Gasteiger partial charge is 0.136 e. The first kappa shape index (κ1) is 22.8. The number of aromatic nitrogens is 2. The molecule has 3 nitrogen and oxygen atoms in total. The standard InChI is InChI=1S/C40H24N2O/c1-2-10-26(11-3-1)41-34-15-7-4-12-28(34)30-20-19-27(23-36(30)41)42-35-16-8-5-13-29(35)33-22-25-18-21-39-40(32(25)24-37(33)42)31-14-6-9-17-38(31)43-39/h1-24H. The van der Waals surface area contributed by atoms with Crippen LogP contribution in [0.25, 0.3) is 87.7 Å². The Morgan fingerprint density at radius 2 is 0.977 bits per heavy atom. The van der Waals surface area contributed by atoms with Crippen molar-refractivity contribution in [2.24, 2.45) is 0 Å². The van der Waals surface area contributed by atoms with Gasteiger partial charge in [0, 0.05) is 43.7 Å². The van der Waals surface area contributed by atoms with Gasteiger partial charge in [-0.1, -0.05) is 84.9 Å². The van der Waals surface area contributed by atoms with Crippen LogP contribution in [-0.2, 0) is 0 Å². The predicted molar refractivity (Wildman–Crippen MR) is 180 cm³/mol. The Morgan fingerprint density at radius 1 is 0.349 bits per heavy atom. The molecule has 0 radical (unpaired) electrons. The third kappa shape index (κ3) is 3.08. The van der Waals surface area contributed by atoms with Crippen LogP contribution in [-0.4, -0.2) is 9.13 Å². The third-order valence-electron chi connectivity index (χ3n) is 9.08. The summed E-state index contributed by atoms with van der Waals surface area (Å²) in [4.78, 5) is 0. The lowest BCUT2D eigenvalue weighted by Gasteiger charge is -2.11. The number of rotatable bonds is 2. The average Bonchev–Trinajstić information content (AvgIpc) is 3.71. The van der Waals surface area contributed by atoms with Crippen LogP contribution >= 0.6 is 0 Å². The van der Waals surface area contributed by atoms with Gasteiger partial charge in [-0.2, -0.15) is 0 Å². The molecule has 0 atom stereocenters. The van der Waals surface area contributed by atoms with E-state index in [-0.39, 0.29) is 0 Å². The molecule has 0 spiro atoms. The summed E-state index contributed by atoms with van der Waals surface area (Å²) in [6.07, 6.45) is 0. The van der Waals surface area contributed by atoms with Crippen molar-refractivity contribution in [2.75, 3.05) is 0 Å². The summed E-state index contributed by atoms with van der Waals surface area (Å²) in [5.41, 5.74) is 8.93. The quantitative estimate of drug-likeness (QED) is 0.211. The maximum absolute atomic E-state index is 6.27. The molecule has 0 aliphatic carbocycles. The zero-order chi connectivity index (χ0) is 28.1. The Morgan fingerprint density at radius 3 is 1.79 bits per heavy atom. The molecule has 0 saturated heterocycles. The summed E-state index contributed by atoms with van der Waals surface area (Å²) in [5, 5.41) is 9.76. The van der Waals surface area contributed by atoms with Crippen LogP contribution in [0.15, 0.2) is 150 Å². The highest BCUT2D eigenvalue weighted by Gasteiger charge is 2.18. The first-order valence-electron chi connectivity index (χ1n) is 14.7. The minimum Gasteiger partial charge on any atom is -0.456 e. The Kier molecular flexibility index (Phi) is 4.45. The summed E-state index contributed by atoms with van der Waals surface area (Å²) >= 11 is 0. The number of nitrogens with zero attached hydrogens (tertiary/aromatic N) is 2. The topological polar surface area (TPSA) is 23.0 Å². The van der Waals surface area contributed by atoms with E-state index in [9.17, 15) is 0 Å². The highest BCUT2D eigenvalue weighted by atomic mass is 16.3. The molecule has 43 heavy (non-hydrogen) atoms. The van der Waals surface area contributed by atoms with Gasteiger partial charge < -0.3 is 13.6 Å².